The highest BCUT2D eigenvalue weighted by Gasteiger charge is 1.97. The maximum absolute atomic E-state index is 5.00. The molecule has 0 aromatic heterocycles. The van der Waals surface area contributed by atoms with Gasteiger partial charge in [-0.3, -0.25) is 0 Å². The van der Waals surface area contributed by atoms with Gasteiger partial charge in [-0.25, -0.2) is 0 Å². The van der Waals surface area contributed by atoms with E-state index in [4.69, 9.17) is 4.74 Å². The zero-order valence-electron chi connectivity index (χ0n) is 10.1. The van der Waals surface area contributed by atoms with Gasteiger partial charge >= 0.3 is 0 Å². The predicted molar refractivity (Wildman–Crippen MR) is 71.7 cm³/mol. The molecule has 16 heavy (non-hydrogen) atoms. The first-order valence-corrected chi connectivity index (χ1v) is 6.48. The Morgan fingerprint density at radius 2 is 2.12 bits per heavy atom. The Morgan fingerprint density at radius 3 is 2.81 bits per heavy atom. The Labute approximate surface area is 107 Å². The van der Waals surface area contributed by atoms with Crippen molar-refractivity contribution < 1.29 is 4.74 Å². The van der Waals surface area contributed by atoms with E-state index in [1.807, 2.05) is 0 Å². The Morgan fingerprint density at radius 1 is 1.31 bits per heavy atom. The Bertz CT molecular complexity index is 315. The quantitative estimate of drug-likeness (QED) is 0.777. The molecule has 0 aliphatic carbocycles. The minimum atomic E-state index is 0.859. The minimum Gasteiger partial charge on any atom is -0.385 e. The number of rotatable bonds is 7. The molecule has 0 saturated carbocycles. The van der Waals surface area contributed by atoms with Crippen molar-refractivity contribution in [2.75, 3.05) is 20.3 Å². The van der Waals surface area contributed by atoms with Gasteiger partial charge < -0.3 is 10.1 Å². The first-order valence-electron chi connectivity index (χ1n) is 5.68. The fraction of sp³-hybridized carbons (Fsp3) is 0.538. The molecule has 2 nitrogen and oxygen atoms in total. The number of halogens is 1. The molecule has 0 fully saturated rings. The molecule has 90 valence electrons. The van der Waals surface area contributed by atoms with Crippen molar-refractivity contribution >= 4 is 15.9 Å². The second kappa shape index (κ2) is 7.82. The molecule has 0 spiro atoms. The van der Waals surface area contributed by atoms with Crippen LogP contribution in [0.4, 0.5) is 0 Å². The molecular weight excluding hydrogens is 266 g/mol. The van der Waals surface area contributed by atoms with Crippen LogP contribution < -0.4 is 5.32 Å². The van der Waals surface area contributed by atoms with Crippen LogP contribution in [0.5, 0.6) is 0 Å². The van der Waals surface area contributed by atoms with Crippen molar-refractivity contribution in [1.82, 2.24) is 5.32 Å². The molecule has 0 aliphatic rings. The van der Waals surface area contributed by atoms with E-state index in [1.165, 1.54) is 22.0 Å². The van der Waals surface area contributed by atoms with Crippen molar-refractivity contribution in [2.24, 2.45) is 0 Å². The topological polar surface area (TPSA) is 21.3 Å². The molecule has 0 amide bonds. The summed E-state index contributed by atoms with van der Waals surface area (Å²) in [5.41, 5.74) is 2.60. The zero-order valence-corrected chi connectivity index (χ0v) is 11.6. The van der Waals surface area contributed by atoms with Crippen LogP contribution in [-0.4, -0.2) is 20.3 Å². The van der Waals surface area contributed by atoms with Gasteiger partial charge in [0.25, 0.3) is 0 Å². The highest BCUT2D eigenvalue weighted by molar-refractivity contribution is 9.10. The van der Waals surface area contributed by atoms with Gasteiger partial charge in [-0.1, -0.05) is 28.1 Å². The number of ether oxygens (including phenoxy) is 1. The second-order valence-corrected chi connectivity index (χ2v) is 4.81. The summed E-state index contributed by atoms with van der Waals surface area (Å²) in [4.78, 5) is 0. The van der Waals surface area contributed by atoms with E-state index in [-0.39, 0.29) is 0 Å². The molecule has 3 heteroatoms. The lowest BCUT2D eigenvalue weighted by atomic mass is 10.1. The number of methoxy groups -OCH3 is 1. The fourth-order valence-corrected chi connectivity index (χ4v) is 1.90. The summed E-state index contributed by atoms with van der Waals surface area (Å²) in [7, 11) is 1.75. The van der Waals surface area contributed by atoms with E-state index >= 15 is 0 Å². The van der Waals surface area contributed by atoms with Gasteiger partial charge in [0.05, 0.1) is 0 Å². The third-order valence-electron chi connectivity index (χ3n) is 2.52. The zero-order chi connectivity index (χ0) is 11.8. The van der Waals surface area contributed by atoms with Crippen LogP contribution >= 0.6 is 15.9 Å². The van der Waals surface area contributed by atoms with Crippen LogP contribution in [-0.2, 0) is 11.3 Å². The van der Waals surface area contributed by atoms with E-state index in [0.717, 1.165) is 26.1 Å². The lowest BCUT2D eigenvalue weighted by Gasteiger charge is -2.06. The first-order chi connectivity index (χ1) is 7.74. The molecule has 0 radical (unpaired) electrons. The first kappa shape index (κ1) is 13.7. The van der Waals surface area contributed by atoms with Gasteiger partial charge in [0.15, 0.2) is 0 Å². The van der Waals surface area contributed by atoms with Gasteiger partial charge in [0.1, 0.15) is 0 Å². The van der Waals surface area contributed by atoms with E-state index in [9.17, 15) is 0 Å². The molecular formula is C13H20BrNO. The molecule has 0 heterocycles. The molecule has 0 aliphatic heterocycles. The van der Waals surface area contributed by atoms with E-state index in [2.05, 4.69) is 46.4 Å². The van der Waals surface area contributed by atoms with Crippen molar-refractivity contribution in [1.29, 1.82) is 0 Å². The van der Waals surface area contributed by atoms with Gasteiger partial charge in [0, 0.05) is 24.7 Å². The van der Waals surface area contributed by atoms with Crippen LogP contribution in [0.1, 0.15) is 24.0 Å². The Hall–Kier alpha value is -0.380. The molecule has 0 bridgehead atoms. The highest BCUT2D eigenvalue weighted by Crippen LogP contribution is 2.17. The van der Waals surface area contributed by atoms with Crippen LogP contribution in [0.15, 0.2) is 22.7 Å². The summed E-state index contributed by atoms with van der Waals surface area (Å²) in [5.74, 6) is 0. The lowest BCUT2D eigenvalue weighted by Crippen LogP contribution is -2.15. The number of hydrogen-bond acceptors (Lipinski definition) is 2. The summed E-state index contributed by atoms with van der Waals surface area (Å²) in [6.45, 7) is 4.95. The normalized spacial score (nSPS) is 10.7. The maximum atomic E-state index is 5.00. The molecule has 0 saturated heterocycles. The number of unbranched alkanes of at least 4 members (excludes halogenated alkanes) is 1. The predicted octanol–water partition coefficient (Wildman–Crippen LogP) is 3.27. The summed E-state index contributed by atoms with van der Waals surface area (Å²) < 4.78 is 6.19. The molecule has 0 atom stereocenters. The smallest absolute Gasteiger partial charge is 0.0462 e. The third kappa shape index (κ3) is 5.10. The Kier molecular flexibility index (Phi) is 6.69. The van der Waals surface area contributed by atoms with Gasteiger partial charge in [-0.05, 0) is 43.5 Å². The summed E-state index contributed by atoms with van der Waals surface area (Å²) >= 11 is 3.54. The van der Waals surface area contributed by atoms with Gasteiger partial charge in [0.2, 0.25) is 0 Å². The van der Waals surface area contributed by atoms with Gasteiger partial charge in [-0.15, -0.1) is 0 Å². The summed E-state index contributed by atoms with van der Waals surface area (Å²) in [6, 6.07) is 6.49. The van der Waals surface area contributed by atoms with E-state index < -0.39 is 0 Å². The highest BCUT2D eigenvalue weighted by atomic mass is 79.9. The standard InChI is InChI=1S/C13H20BrNO/c1-11-5-6-12(9-13(11)14)10-15-7-3-4-8-16-2/h5-6,9,15H,3-4,7-8,10H2,1-2H3. The number of benzene rings is 1. The molecule has 1 aromatic carbocycles. The SMILES string of the molecule is COCCCCNCc1ccc(C)c(Br)c1. The van der Waals surface area contributed by atoms with Crippen LogP contribution in [0, 0.1) is 6.92 Å². The number of aryl methyl sites for hydroxylation is 1. The monoisotopic (exact) mass is 285 g/mol. The molecule has 1 N–H and O–H groups in total. The average molecular weight is 286 g/mol. The summed E-state index contributed by atoms with van der Waals surface area (Å²) in [5, 5.41) is 3.43. The average Bonchev–Trinajstić information content (AvgIpc) is 2.28. The van der Waals surface area contributed by atoms with E-state index in [0.29, 0.717) is 0 Å². The largest absolute Gasteiger partial charge is 0.385 e. The fourth-order valence-electron chi connectivity index (χ4n) is 1.48. The number of nitrogens with one attached hydrogen (secondary N) is 1. The maximum Gasteiger partial charge on any atom is 0.0462 e. The van der Waals surface area contributed by atoms with Crippen LogP contribution in [0.2, 0.25) is 0 Å². The van der Waals surface area contributed by atoms with E-state index in [1.54, 1.807) is 7.11 Å². The van der Waals surface area contributed by atoms with Crippen LogP contribution in [0.25, 0.3) is 0 Å². The number of hydrogen-bond donors (Lipinski definition) is 1. The Balaban J connectivity index is 2.19. The van der Waals surface area contributed by atoms with Crippen LogP contribution in [0.3, 0.4) is 0 Å². The third-order valence-corrected chi connectivity index (χ3v) is 3.37. The second-order valence-electron chi connectivity index (χ2n) is 3.96. The van der Waals surface area contributed by atoms with Crippen molar-refractivity contribution in [3.63, 3.8) is 0 Å². The van der Waals surface area contributed by atoms with Crippen molar-refractivity contribution in [3.8, 4) is 0 Å². The summed E-state index contributed by atoms with van der Waals surface area (Å²) in [6.07, 6.45) is 2.29. The van der Waals surface area contributed by atoms with Crippen molar-refractivity contribution in [2.45, 2.75) is 26.3 Å². The molecule has 1 aromatic rings. The lowest BCUT2D eigenvalue weighted by molar-refractivity contribution is 0.192. The minimum absolute atomic E-state index is 0.859. The van der Waals surface area contributed by atoms with Gasteiger partial charge in [-0.2, -0.15) is 0 Å². The van der Waals surface area contributed by atoms with Crippen molar-refractivity contribution in [3.05, 3.63) is 33.8 Å². The molecule has 1 rings (SSSR count). The molecule has 0 unspecified atom stereocenters.